The van der Waals surface area contributed by atoms with E-state index >= 15 is 0 Å². The van der Waals surface area contributed by atoms with Crippen LogP contribution in [0.4, 0.5) is 58.4 Å². The van der Waals surface area contributed by atoms with Gasteiger partial charge in [0.2, 0.25) is 10.8 Å². The van der Waals surface area contributed by atoms with E-state index in [1.165, 1.54) is 6.92 Å². The van der Waals surface area contributed by atoms with Crippen molar-refractivity contribution < 1.29 is 52.7 Å². The highest BCUT2D eigenvalue weighted by Gasteiger charge is 2.74. The van der Waals surface area contributed by atoms with E-state index in [4.69, 9.17) is 5.73 Å². The van der Waals surface area contributed by atoms with Gasteiger partial charge in [0.1, 0.15) is 0 Å². The molecule has 2 N–H and O–H groups in total. The van der Waals surface area contributed by atoms with Crippen LogP contribution in [0.1, 0.15) is 27.8 Å². The summed E-state index contributed by atoms with van der Waals surface area (Å²) >= 11 is 0. The molecule has 3 rings (SSSR count). The molecule has 0 radical (unpaired) electrons. The van der Waals surface area contributed by atoms with Crippen molar-refractivity contribution in [1.29, 1.82) is 0 Å². The third-order valence-electron chi connectivity index (χ3n) is 6.28. The lowest BCUT2D eigenvalue weighted by molar-refractivity contribution is -0.291. The first-order valence-electron chi connectivity index (χ1n) is 10.5. The molecule has 0 amide bonds. The number of halogens is 12. The summed E-state index contributed by atoms with van der Waals surface area (Å²) in [5.74, 6) is 0. The molecule has 0 atom stereocenters. The summed E-state index contributed by atoms with van der Waals surface area (Å²) in [4.78, 5) is 0. The maximum atomic E-state index is 14.3. The molecular weight excluding hydrogens is 542 g/mol. The van der Waals surface area contributed by atoms with E-state index in [1.807, 2.05) is 0 Å². The van der Waals surface area contributed by atoms with Crippen LogP contribution in [0, 0.1) is 6.92 Å². The predicted molar refractivity (Wildman–Crippen MR) is 114 cm³/mol. The minimum Gasteiger partial charge on any atom is -0.399 e. The Morgan fingerprint density at radius 1 is 0.395 bits per heavy atom. The molecule has 0 bridgehead atoms. The molecule has 0 aliphatic heterocycles. The average molecular weight is 559 g/mol. The highest BCUT2D eigenvalue weighted by molar-refractivity contribution is 5.51. The lowest BCUT2D eigenvalue weighted by atomic mass is 9.69. The average Bonchev–Trinajstić information content (AvgIpc) is 2.74. The molecule has 0 heterocycles. The van der Waals surface area contributed by atoms with Crippen LogP contribution in [0.3, 0.4) is 0 Å². The molecule has 0 fully saturated rings. The summed E-state index contributed by atoms with van der Waals surface area (Å²) in [6, 6.07) is 5.35. The van der Waals surface area contributed by atoms with E-state index in [0.717, 1.165) is 24.3 Å². The topological polar surface area (TPSA) is 26.0 Å². The molecule has 38 heavy (non-hydrogen) atoms. The van der Waals surface area contributed by atoms with Crippen molar-refractivity contribution in [3.63, 3.8) is 0 Å². The summed E-state index contributed by atoms with van der Waals surface area (Å²) in [6.07, 6.45) is -24.4. The second-order valence-electron chi connectivity index (χ2n) is 8.56. The Bertz CT molecular complexity index is 1120. The lowest BCUT2D eigenvalue weighted by Gasteiger charge is -2.40. The van der Waals surface area contributed by atoms with Crippen LogP contribution in [0.5, 0.6) is 0 Å². The third-order valence-corrected chi connectivity index (χ3v) is 6.28. The van der Waals surface area contributed by atoms with Crippen molar-refractivity contribution in [2.24, 2.45) is 0 Å². The zero-order valence-corrected chi connectivity index (χ0v) is 19.0. The van der Waals surface area contributed by atoms with Crippen molar-refractivity contribution >= 4 is 5.69 Å². The lowest BCUT2D eigenvalue weighted by Crippen LogP contribution is -2.55. The van der Waals surface area contributed by atoms with E-state index in [1.54, 1.807) is 0 Å². The van der Waals surface area contributed by atoms with E-state index in [2.05, 4.69) is 0 Å². The van der Waals surface area contributed by atoms with Crippen LogP contribution < -0.4 is 5.73 Å². The molecule has 1 nitrogen and oxygen atoms in total. The number of hydrogen-bond acceptors (Lipinski definition) is 1. The van der Waals surface area contributed by atoms with Gasteiger partial charge in [0.05, 0.1) is 0 Å². The highest BCUT2D eigenvalue weighted by Crippen LogP contribution is 2.59. The van der Waals surface area contributed by atoms with Gasteiger partial charge < -0.3 is 5.73 Å². The number of anilines is 1. The second kappa shape index (κ2) is 9.12. The molecule has 0 saturated heterocycles. The van der Waals surface area contributed by atoms with E-state index in [0.29, 0.717) is 29.8 Å². The van der Waals surface area contributed by atoms with Crippen LogP contribution in [0.2, 0.25) is 0 Å². The van der Waals surface area contributed by atoms with Gasteiger partial charge in [-0.1, -0.05) is 66.2 Å². The first-order valence-corrected chi connectivity index (χ1v) is 10.5. The summed E-state index contributed by atoms with van der Waals surface area (Å²) in [5, 5.41) is 0. The molecule has 0 unspecified atom stereocenters. The summed E-state index contributed by atoms with van der Waals surface area (Å²) in [5.41, 5.74) is -9.96. The minimum atomic E-state index is -6.11. The molecule has 3 aromatic carbocycles. The number of hydrogen-bond donors (Lipinski definition) is 1. The van der Waals surface area contributed by atoms with Crippen molar-refractivity contribution in [3.8, 4) is 0 Å². The number of alkyl halides is 12. The normalized spacial score (nSPS) is 14.0. The standard InChI is InChI=1S/C25H17F12N/c1-14-2-4-15(5-3-14)20(22(26,27)28,23(29,30)31)16-6-8-17(9-7-16)21(24(32,33)34,25(35,36)37)18-10-12-19(38)13-11-18/h2-13H,38H2,1H3. The zero-order chi connectivity index (χ0) is 28.9. The van der Waals surface area contributed by atoms with Gasteiger partial charge in [-0.3, -0.25) is 0 Å². The molecule has 3 aromatic rings. The molecule has 206 valence electrons. The van der Waals surface area contributed by atoms with Gasteiger partial charge in [-0.2, -0.15) is 52.7 Å². The fourth-order valence-electron chi connectivity index (χ4n) is 4.47. The summed E-state index contributed by atoms with van der Waals surface area (Å²) in [7, 11) is 0. The van der Waals surface area contributed by atoms with E-state index in [-0.39, 0.29) is 30.0 Å². The maximum absolute atomic E-state index is 14.3. The van der Waals surface area contributed by atoms with Crippen molar-refractivity contribution in [2.75, 3.05) is 5.73 Å². The van der Waals surface area contributed by atoms with E-state index < -0.39 is 57.8 Å². The van der Waals surface area contributed by atoms with Gasteiger partial charge in [-0.15, -0.1) is 0 Å². The molecule has 0 aliphatic rings. The molecule has 0 spiro atoms. The van der Waals surface area contributed by atoms with Gasteiger partial charge >= 0.3 is 24.7 Å². The Kier molecular flexibility index (Phi) is 7.01. The Labute approximate surface area is 207 Å². The van der Waals surface area contributed by atoms with E-state index in [9.17, 15) is 52.7 Å². The largest absolute Gasteiger partial charge is 0.411 e. The Hall–Kier alpha value is -3.38. The smallest absolute Gasteiger partial charge is 0.399 e. The second-order valence-corrected chi connectivity index (χ2v) is 8.56. The Morgan fingerprint density at radius 3 is 0.842 bits per heavy atom. The number of benzene rings is 3. The predicted octanol–water partition coefficient (Wildman–Crippen LogP) is 8.40. The minimum absolute atomic E-state index is 0.0142. The first-order chi connectivity index (χ1) is 17.2. The quantitative estimate of drug-likeness (QED) is 0.252. The molecule has 0 aliphatic carbocycles. The fourth-order valence-corrected chi connectivity index (χ4v) is 4.47. The van der Waals surface area contributed by atoms with Crippen molar-refractivity contribution in [3.05, 3.63) is 101 Å². The van der Waals surface area contributed by atoms with Crippen LogP contribution in [-0.2, 0) is 10.8 Å². The summed E-state index contributed by atoms with van der Waals surface area (Å²) < 4.78 is 171. The van der Waals surface area contributed by atoms with Crippen molar-refractivity contribution in [2.45, 2.75) is 42.5 Å². The molecule has 0 aromatic heterocycles. The monoisotopic (exact) mass is 559 g/mol. The molecule has 0 saturated carbocycles. The maximum Gasteiger partial charge on any atom is 0.411 e. The Balaban J connectivity index is 2.39. The Morgan fingerprint density at radius 2 is 0.605 bits per heavy atom. The van der Waals surface area contributed by atoms with Gasteiger partial charge in [-0.25, -0.2) is 0 Å². The zero-order valence-electron chi connectivity index (χ0n) is 19.0. The van der Waals surface area contributed by atoms with Crippen molar-refractivity contribution in [1.82, 2.24) is 0 Å². The number of aryl methyl sites for hydroxylation is 1. The number of rotatable bonds is 4. The van der Waals surface area contributed by atoms with Gasteiger partial charge in [0.15, 0.2) is 0 Å². The number of nitrogen functional groups attached to an aromatic ring is 1. The van der Waals surface area contributed by atoms with Crippen LogP contribution in [0.25, 0.3) is 0 Å². The molecular formula is C25H17F12N. The van der Waals surface area contributed by atoms with Crippen LogP contribution in [0.15, 0.2) is 72.8 Å². The van der Waals surface area contributed by atoms with Gasteiger partial charge in [-0.05, 0) is 41.3 Å². The van der Waals surface area contributed by atoms with Gasteiger partial charge in [0.25, 0.3) is 0 Å². The number of nitrogens with two attached hydrogens (primary N) is 1. The first kappa shape index (κ1) is 29.2. The molecule has 13 heteroatoms. The van der Waals surface area contributed by atoms with Gasteiger partial charge in [0, 0.05) is 5.69 Å². The SMILES string of the molecule is Cc1ccc(C(c2ccc(C(c3ccc(N)cc3)(C(F)(F)F)C(F)(F)F)cc2)(C(F)(F)F)C(F)(F)F)cc1. The van der Waals surface area contributed by atoms with Crippen LogP contribution >= 0.6 is 0 Å². The third kappa shape index (κ3) is 4.35. The summed E-state index contributed by atoms with van der Waals surface area (Å²) in [6.45, 7) is 1.40. The van der Waals surface area contributed by atoms with Crippen LogP contribution in [-0.4, -0.2) is 24.7 Å². The fraction of sp³-hybridized carbons (Fsp3) is 0.280. The highest BCUT2D eigenvalue weighted by atomic mass is 19.4.